The third kappa shape index (κ3) is 1.93. The van der Waals surface area contributed by atoms with E-state index in [-0.39, 0.29) is 11.6 Å². The Morgan fingerprint density at radius 2 is 2.31 bits per heavy atom. The lowest BCUT2D eigenvalue weighted by molar-refractivity contribution is 0.102. The standard InChI is InChI=1S/C11H10FN3O/c1-7-3-2-4-9(12)10(7)15-11(16)8-5-13-14-6-8/h2-6H,1H3,(H,13,14)(H,15,16). The molecule has 0 aliphatic heterocycles. The van der Waals surface area contributed by atoms with E-state index in [2.05, 4.69) is 15.5 Å². The van der Waals surface area contributed by atoms with Crippen LogP contribution in [-0.4, -0.2) is 16.1 Å². The molecule has 1 aromatic carbocycles. The van der Waals surface area contributed by atoms with Crippen LogP contribution >= 0.6 is 0 Å². The molecule has 0 radical (unpaired) electrons. The second kappa shape index (κ2) is 4.14. The van der Waals surface area contributed by atoms with E-state index < -0.39 is 5.82 Å². The van der Waals surface area contributed by atoms with Crippen molar-refractivity contribution >= 4 is 11.6 Å². The molecular weight excluding hydrogens is 209 g/mol. The first-order chi connectivity index (χ1) is 7.68. The number of carbonyl (C=O) groups excluding carboxylic acids is 1. The van der Waals surface area contributed by atoms with Crippen molar-refractivity contribution in [2.24, 2.45) is 0 Å². The number of aryl methyl sites for hydroxylation is 1. The molecule has 4 nitrogen and oxygen atoms in total. The Morgan fingerprint density at radius 1 is 1.50 bits per heavy atom. The van der Waals surface area contributed by atoms with Gasteiger partial charge >= 0.3 is 0 Å². The molecule has 0 aliphatic rings. The summed E-state index contributed by atoms with van der Waals surface area (Å²) in [5.74, 6) is -0.834. The Morgan fingerprint density at radius 3 is 2.94 bits per heavy atom. The highest BCUT2D eigenvalue weighted by Crippen LogP contribution is 2.19. The van der Waals surface area contributed by atoms with Crippen molar-refractivity contribution < 1.29 is 9.18 Å². The first-order valence-corrected chi connectivity index (χ1v) is 4.73. The SMILES string of the molecule is Cc1cccc(F)c1NC(=O)c1cn[nH]c1. The molecule has 0 spiro atoms. The third-order valence-corrected chi connectivity index (χ3v) is 2.22. The fourth-order valence-electron chi connectivity index (χ4n) is 1.35. The summed E-state index contributed by atoms with van der Waals surface area (Å²) < 4.78 is 13.4. The summed E-state index contributed by atoms with van der Waals surface area (Å²) in [4.78, 5) is 11.6. The highest BCUT2D eigenvalue weighted by molar-refractivity contribution is 6.04. The number of para-hydroxylation sites is 1. The molecule has 1 heterocycles. The number of nitrogens with zero attached hydrogens (tertiary/aromatic N) is 1. The maximum atomic E-state index is 13.4. The maximum absolute atomic E-state index is 13.4. The van der Waals surface area contributed by atoms with Gasteiger partial charge in [-0.15, -0.1) is 0 Å². The average Bonchev–Trinajstić information content (AvgIpc) is 2.76. The fourth-order valence-corrected chi connectivity index (χ4v) is 1.35. The Labute approximate surface area is 91.5 Å². The van der Waals surface area contributed by atoms with Crippen LogP contribution in [0.15, 0.2) is 30.6 Å². The van der Waals surface area contributed by atoms with Crippen molar-refractivity contribution in [1.29, 1.82) is 0 Å². The molecule has 0 unspecified atom stereocenters. The van der Waals surface area contributed by atoms with E-state index in [0.29, 0.717) is 11.1 Å². The number of carbonyl (C=O) groups is 1. The topological polar surface area (TPSA) is 57.8 Å². The van der Waals surface area contributed by atoms with Crippen molar-refractivity contribution in [1.82, 2.24) is 10.2 Å². The molecule has 2 rings (SSSR count). The normalized spacial score (nSPS) is 10.1. The number of halogens is 1. The van der Waals surface area contributed by atoms with Crippen molar-refractivity contribution in [3.63, 3.8) is 0 Å². The lowest BCUT2D eigenvalue weighted by atomic mass is 10.2. The van der Waals surface area contributed by atoms with Gasteiger partial charge in [-0.3, -0.25) is 9.89 Å². The van der Waals surface area contributed by atoms with Gasteiger partial charge < -0.3 is 5.32 Å². The van der Waals surface area contributed by atoms with Crippen molar-refractivity contribution in [2.45, 2.75) is 6.92 Å². The number of aromatic amines is 1. The highest BCUT2D eigenvalue weighted by Gasteiger charge is 2.11. The van der Waals surface area contributed by atoms with E-state index in [0.717, 1.165) is 0 Å². The van der Waals surface area contributed by atoms with Crippen LogP contribution in [0, 0.1) is 12.7 Å². The van der Waals surface area contributed by atoms with Crippen LogP contribution in [0.5, 0.6) is 0 Å². The Balaban J connectivity index is 2.25. The lowest BCUT2D eigenvalue weighted by Gasteiger charge is -2.07. The third-order valence-electron chi connectivity index (χ3n) is 2.22. The Kier molecular flexibility index (Phi) is 2.68. The zero-order valence-electron chi connectivity index (χ0n) is 8.62. The van der Waals surface area contributed by atoms with E-state index >= 15 is 0 Å². The molecule has 82 valence electrons. The average molecular weight is 219 g/mol. The van der Waals surface area contributed by atoms with E-state index in [1.54, 1.807) is 19.1 Å². The molecule has 1 aromatic heterocycles. The van der Waals surface area contributed by atoms with Gasteiger partial charge in [0, 0.05) is 6.20 Å². The van der Waals surface area contributed by atoms with Crippen LogP contribution in [0.2, 0.25) is 0 Å². The van der Waals surface area contributed by atoms with Crippen LogP contribution in [-0.2, 0) is 0 Å². The molecule has 2 aromatic rings. The number of hydrogen-bond acceptors (Lipinski definition) is 2. The van der Waals surface area contributed by atoms with Gasteiger partial charge in [-0.25, -0.2) is 4.39 Å². The smallest absolute Gasteiger partial charge is 0.258 e. The van der Waals surface area contributed by atoms with Gasteiger partial charge in [0.2, 0.25) is 0 Å². The molecular formula is C11H10FN3O. The number of aromatic nitrogens is 2. The molecule has 0 aliphatic carbocycles. The molecule has 5 heteroatoms. The number of anilines is 1. The monoisotopic (exact) mass is 219 g/mol. The van der Waals surface area contributed by atoms with Gasteiger partial charge in [0.05, 0.1) is 17.4 Å². The summed E-state index contributed by atoms with van der Waals surface area (Å²) in [6.07, 6.45) is 2.83. The number of hydrogen-bond donors (Lipinski definition) is 2. The zero-order chi connectivity index (χ0) is 11.5. The quantitative estimate of drug-likeness (QED) is 0.812. The molecule has 2 N–H and O–H groups in total. The minimum Gasteiger partial charge on any atom is -0.319 e. The second-order valence-corrected chi connectivity index (χ2v) is 3.37. The minimum absolute atomic E-state index is 0.203. The maximum Gasteiger partial charge on any atom is 0.258 e. The molecule has 16 heavy (non-hydrogen) atoms. The van der Waals surface area contributed by atoms with Gasteiger partial charge in [0.25, 0.3) is 5.91 Å². The first kappa shape index (κ1) is 10.4. The number of H-pyrrole nitrogens is 1. The van der Waals surface area contributed by atoms with Gasteiger partial charge in [-0.05, 0) is 18.6 Å². The zero-order valence-corrected chi connectivity index (χ0v) is 8.62. The molecule has 0 bridgehead atoms. The summed E-state index contributed by atoms with van der Waals surface area (Å²) in [6.45, 7) is 1.73. The van der Waals surface area contributed by atoms with Crippen LogP contribution in [0.25, 0.3) is 0 Å². The van der Waals surface area contributed by atoms with Crippen molar-refractivity contribution in [3.8, 4) is 0 Å². The lowest BCUT2D eigenvalue weighted by Crippen LogP contribution is -2.13. The minimum atomic E-state index is -0.447. The van der Waals surface area contributed by atoms with E-state index in [9.17, 15) is 9.18 Å². The molecule has 0 saturated heterocycles. The summed E-state index contributed by atoms with van der Waals surface area (Å²) in [7, 11) is 0. The summed E-state index contributed by atoms with van der Waals surface area (Å²) >= 11 is 0. The van der Waals surface area contributed by atoms with Crippen LogP contribution in [0.3, 0.4) is 0 Å². The fraction of sp³-hybridized carbons (Fsp3) is 0.0909. The molecule has 0 saturated carbocycles. The van der Waals surface area contributed by atoms with Crippen molar-refractivity contribution in [2.75, 3.05) is 5.32 Å². The van der Waals surface area contributed by atoms with Gasteiger partial charge in [-0.1, -0.05) is 12.1 Å². The Bertz CT molecular complexity index is 488. The van der Waals surface area contributed by atoms with E-state index in [1.165, 1.54) is 18.5 Å². The molecule has 1 amide bonds. The van der Waals surface area contributed by atoms with Gasteiger partial charge in [0.1, 0.15) is 5.82 Å². The Hall–Kier alpha value is -2.17. The molecule has 0 atom stereocenters. The van der Waals surface area contributed by atoms with Crippen LogP contribution in [0.1, 0.15) is 15.9 Å². The van der Waals surface area contributed by atoms with Crippen LogP contribution in [0.4, 0.5) is 10.1 Å². The van der Waals surface area contributed by atoms with Crippen molar-refractivity contribution in [3.05, 3.63) is 47.5 Å². The summed E-state index contributed by atoms with van der Waals surface area (Å²) in [5, 5.41) is 8.68. The first-order valence-electron chi connectivity index (χ1n) is 4.73. The predicted octanol–water partition coefficient (Wildman–Crippen LogP) is 2.11. The second-order valence-electron chi connectivity index (χ2n) is 3.37. The number of amides is 1. The number of benzene rings is 1. The number of rotatable bonds is 2. The highest BCUT2D eigenvalue weighted by atomic mass is 19.1. The van der Waals surface area contributed by atoms with E-state index in [1.807, 2.05) is 0 Å². The predicted molar refractivity (Wildman–Crippen MR) is 57.7 cm³/mol. The van der Waals surface area contributed by atoms with Crippen LogP contribution < -0.4 is 5.32 Å². The summed E-state index contributed by atoms with van der Waals surface area (Å²) in [5.41, 5.74) is 1.24. The number of nitrogens with one attached hydrogen (secondary N) is 2. The summed E-state index contributed by atoms with van der Waals surface area (Å²) in [6, 6.07) is 4.63. The van der Waals surface area contributed by atoms with Gasteiger partial charge in [-0.2, -0.15) is 5.10 Å². The van der Waals surface area contributed by atoms with Gasteiger partial charge in [0.15, 0.2) is 0 Å². The molecule has 0 fully saturated rings. The van der Waals surface area contributed by atoms with E-state index in [4.69, 9.17) is 0 Å². The largest absolute Gasteiger partial charge is 0.319 e.